The summed E-state index contributed by atoms with van der Waals surface area (Å²) in [6.07, 6.45) is 5.60. The van der Waals surface area contributed by atoms with Crippen molar-refractivity contribution in [2.24, 2.45) is 7.05 Å². The molecule has 1 aromatic carbocycles. The summed E-state index contributed by atoms with van der Waals surface area (Å²) in [5, 5.41) is 0.649. The van der Waals surface area contributed by atoms with Crippen LogP contribution in [0.15, 0.2) is 33.6 Å². The van der Waals surface area contributed by atoms with E-state index in [1.54, 1.807) is 13.2 Å². The van der Waals surface area contributed by atoms with E-state index in [0.717, 1.165) is 22.4 Å². The van der Waals surface area contributed by atoms with Crippen molar-refractivity contribution < 1.29 is 4.42 Å². The number of nitrogens with one attached hydrogen (secondary N) is 1. The number of aryl methyl sites for hydroxylation is 2. The van der Waals surface area contributed by atoms with Crippen LogP contribution in [0.5, 0.6) is 0 Å². The number of aromatic amines is 1. The second-order valence-electron chi connectivity index (χ2n) is 5.98. The molecule has 1 atom stereocenters. The molecule has 1 N–H and O–H groups in total. The smallest absolute Gasteiger partial charge is 0.326 e. The Morgan fingerprint density at radius 1 is 1.32 bits per heavy atom. The van der Waals surface area contributed by atoms with Crippen LogP contribution in [0.3, 0.4) is 0 Å². The minimum absolute atomic E-state index is 0.256. The third-order valence-electron chi connectivity index (χ3n) is 4.28. The molecule has 1 aliphatic carbocycles. The molecule has 0 amide bonds. The summed E-state index contributed by atoms with van der Waals surface area (Å²) < 4.78 is 7.62. The van der Waals surface area contributed by atoms with Gasteiger partial charge in [0.05, 0.1) is 11.6 Å². The maximum absolute atomic E-state index is 11.9. The Bertz CT molecular complexity index is 1140. The molecule has 0 aliphatic heterocycles. The standard InChI is InChI=1S/C18H14ClN3O2S/c1-9-20-16-14(24-9)6-3-10-7-11(19)4-5-12(10)15(16)13-8-22(2)18(23)21-17(13)25/h3-8,15H,1-2H3,(H,21,23,25)/t15-/m0/s1. The number of fused-ring (bicyclic) bond motifs is 2. The predicted molar refractivity (Wildman–Crippen MR) is 99.4 cm³/mol. The number of hydrogen-bond acceptors (Lipinski definition) is 4. The van der Waals surface area contributed by atoms with Gasteiger partial charge in [-0.15, -0.1) is 0 Å². The van der Waals surface area contributed by atoms with Gasteiger partial charge in [-0.25, -0.2) is 9.78 Å². The molecule has 3 aromatic rings. The van der Waals surface area contributed by atoms with Gasteiger partial charge in [-0.3, -0.25) is 4.98 Å². The van der Waals surface area contributed by atoms with Crippen LogP contribution in [-0.2, 0) is 7.05 Å². The maximum atomic E-state index is 11.9. The molecule has 0 saturated heterocycles. The topological polar surface area (TPSA) is 63.8 Å². The van der Waals surface area contributed by atoms with Gasteiger partial charge in [0.25, 0.3) is 0 Å². The number of aromatic nitrogens is 3. The van der Waals surface area contributed by atoms with E-state index in [2.05, 4.69) is 9.97 Å². The van der Waals surface area contributed by atoms with E-state index in [0.29, 0.717) is 21.3 Å². The molecule has 4 rings (SSSR count). The molecule has 25 heavy (non-hydrogen) atoms. The Morgan fingerprint density at radius 2 is 2.12 bits per heavy atom. The predicted octanol–water partition coefficient (Wildman–Crippen LogP) is 4.06. The minimum Gasteiger partial charge on any atom is -0.441 e. The SMILES string of the molecule is Cc1nc2c(o1)C=Cc1cc(Cl)ccc1[C@H]2c1cn(C)c(=O)[nH]c1=S. The molecule has 0 saturated carbocycles. The third-order valence-corrected chi connectivity index (χ3v) is 4.86. The summed E-state index contributed by atoms with van der Waals surface area (Å²) in [5.74, 6) is 1.00. The summed E-state index contributed by atoms with van der Waals surface area (Å²) in [6.45, 7) is 1.81. The van der Waals surface area contributed by atoms with E-state index < -0.39 is 0 Å². The lowest BCUT2D eigenvalue weighted by molar-refractivity contribution is 0.512. The van der Waals surface area contributed by atoms with Crippen molar-refractivity contribution in [1.29, 1.82) is 0 Å². The van der Waals surface area contributed by atoms with Crippen molar-refractivity contribution in [3.8, 4) is 0 Å². The first-order valence-electron chi connectivity index (χ1n) is 7.69. The van der Waals surface area contributed by atoms with Gasteiger partial charge in [-0.1, -0.05) is 36.0 Å². The maximum Gasteiger partial charge on any atom is 0.326 e. The Kier molecular flexibility index (Phi) is 3.74. The molecule has 7 heteroatoms. The van der Waals surface area contributed by atoms with Crippen molar-refractivity contribution in [1.82, 2.24) is 14.5 Å². The minimum atomic E-state index is -0.259. The molecule has 0 unspecified atom stereocenters. The van der Waals surface area contributed by atoms with Gasteiger partial charge in [0, 0.05) is 30.8 Å². The second kappa shape index (κ2) is 5.82. The lowest BCUT2D eigenvalue weighted by Crippen LogP contribution is -2.22. The summed E-state index contributed by atoms with van der Waals surface area (Å²) in [5.41, 5.74) is 3.28. The van der Waals surface area contributed by atoms with Crippen LogP contribution < -0.4 is 5.69 Å². The van der Waals surface area contributed by atoms with Crippen LogP contribution in [-0.4, -0.2) is 14.5 Å². The highest BCUT2D eigenvalue weighted by molar-refractivity contribution is 7.71. The second-order valence-corrected chi connectivity index (χ2v) is 6.82. The molecule has 0 bridgehead atoms. The first-order valence-corrected chi connectivity index (χ1v) is 8.47. The fraction of sp³-hybridized carbons (Fsp3) is 0.167. The van der Waals surface area contributed by atoms with Crippen LogP contribution in [0.25, 0.3) is 12.2 Å². The van der Waals surface area contributed by atoms with Gasteiger partial charge < -0.3 is 8.98 Å². The Morgan fingerprint density at radius 3 is 2.92 bits per heavy atom. The highest BCUT2D eigenvalue weighted by Gasteiger charge is 2.29. The van der Waals surface area contributed by atoms with Gasteiger partial charge in [0.1, 0.15) is 4.64 Å². The van der Waals surface area contributed by atoms with Gasteiger partial charge in [0.2, 0.25) is 0 Å². The molecule has 2 heterocycles. The summed E-state index contributed by atoms with van der Waals surface area (Å²) in [7, 11) is 1.68. The van der Waals surface area contributed by atoms with E-state index in [-0.39, 0.29) is 11.6 Å². The molecule has 0 radical (unpaired) electrons. The van der Waals surface area contributed by atoms with Crippen LogP contribution in [0.1, 0.15) is 40.0 Å². The number of H-pyrrole nitrogens is 1. The van der Waals surface area contributed by atoms with Gasteiger partial charge in [-0.05, 0) is 29.3 Å². The Hall–Kier alpha value is -2.44. The Balaban J connectivity index is 2.07. The van der Waals surface area contributed by atoms with E-state index in [1.165, 1.54) is 4.57 Å². The lowest BCUT2D eigenvalue weighted by atomic mass is 9.87. The van der Waals surface area contributed by atoms with Crippen molar-refractivity contribution >= 4 is 36.0 Å². The van der Waals surface area contributed by atoms with Crippen LogP contribution in [0.4, 0.5) is 0 Å². The lowest BCUT2D eigenvalue weighted by Gasteiger charge is -2.18. The van der Waals surface area contributed by atoms with E-state index in [1.807, 2.05) is 37.3 Å². The van der Waals surface area contributed by atoms with Gasteiger partial charge >= 0.3 is 5.69 Å². The van der Waals surface area contributed by atoms with Gasteiger partial charge in [-0.2, -0.15) is 0 Å². The molecular weight excluding hydrogens is 358 g/mol. The van der Waals surface area contributed by atoms with E-state index in [4.69, 9.17) is 28.2 Å². The first-order chi connectivity index (χ1) is 11.9. The normalized spacial score (nSPS) is 15.6. The zero-order valence-electron chi connectivity index (χ0n) is 13.5. The van der Waals surface area contributed by atoms with Crippen molar-refractivity contribution in [3.63, 3.8) is 0 Å². The fourth-order valence-electron chi connectivity index (χ4n) is 3.15. The zero-order valence-corrected chi connectivity index (χ0v) is 15.1. The summed E-state index contributed by atoms with van der Waals surface area (Å²) >= 11 is 11.6. The molecule has 126 valence electrons. The van der Waals surface area contributed by atoms with Gasteiger partial charge in [0.15, 0.2) is 11.7 Å². The number of hydrogen-bond donors (Lipinski definition) is 1. The number of benzene rings is 1. The zero-order chi connectivity index (χ0) is 17.7. The monoisotopic (exact) mass is 371 g/mol. The molecule has 0 fully saturated rings. The molecule has 0 spiro atoms. The number of halogens is 1. The number of rotatable bonds is 1. The summed E-state index contributed by atoms with van der Waals surface area (Å²) in [4.78, 5) is 19.2. The van der Waals surface area contributed by atoms with E-state index >= 15 is 0 Å². The third kappa shape index (κ3) is 2.67. The quantitative estimate of drug-likeness (QED) is 0.512. The highest BCUT2D eigenvalue weighted by Crippen LogP contribution is 2.39. The molecule has 5 nitrogen and oxygen atoms in total. The van der Waals surface area contributed by atoms with Crippen molar-refractivity contribution in [2.75, 3.05) is 0 Å². The average Bonchev–Trinajstić information content (AvgIpc) is 2.86. The largest absolute Gasteiger partial charge is 0.441 e. The van der Waals surface area contributed by atoms with Crippen LogP contribution in [0, 0.1) is 11.6 Å². The highest BCUT2D eigenvalue weighted by atomic mass is 35.5. The number of oxazole rings is 1. The van der Waals surface area contributed by atoms with Crippen LogP contribution in [0.2, 0.25) is 5.02 Å². The fourth-order valence-corrected chi connectivity index (χ4v) is 3.59. The molecular formula is C18H14ClN3O2S. The van der Waals surface area contributed by atoms with Crippen molar-refractivity contribution in [2.45, 2.75) is 12.8 Å². The van der Waals surface area contributed by atoms with E-state index in [9.17, 15) is 4.79 Å². The molecule has 2 aromatic heterocycles. The summed E-state index contributed by atoms with van der Waals surface area (Å²) in [6, 6.07) is 5.70. The first kappa shape index (κ1) is 16.1. The van der Waals surface area contributed by atoms with Crippen molar-refractivity contribution in [3.05, 3.63) is 78.6 Å². The molecule has 1 aliphatic rings. The average molecular weight is 372 g/mol. The number of nitrogens with zero attached hydrogens (tertiary/aromatic N) is 2. The Labute approximate surface area is 153 Å². The van der Waals surface area contributed by atoms with Crippen LogP contribution >= 0.6 is 23.8 Å².